The molecule has 0 amide bonds. The lowest BCUT2D eigenvalue weighted by atomic mass is 10.1. The average molecular weight is 210 g/mol. The van der Waals surface area contributed by atoms with Gasteiger partial charge in [0.1, 0.15) is 6.10 Å². The number of hydrogen-bond acceptors (Lipinski definition) is 3. The van der Waals surface area contributed by atoms with E-state index in [1.165, 1.54) is 11.8 Å². The SMILES string of the molecule is COC(C(C)=O)c1ccc(SC)cc1. The van der Waals surface area contributed by atoms with Gasteiger partial charge >= 0.3 is 0 Å². The summed E-state index contributed by atoms with van der Waals surface area (Å²) in [6, 6.07) is 7.85. The summed E-state index contributed by atoms with van der Waals surface area (Å²) in [5.41, 5.74) is 0.915. The highest BCUT2D eigenvalue weighted by molar-refractivity contribution is 7.98. The van der Waals surface area contributed by atoms with Crippen molar-refractivity contribution in [1.29, 1.82) is 0 Å². The van der Waals surface area contributed by atoms with Crippen molar-refractivity contribution in [1.82, 2.24) is 0 Å². The average Bonchev–Trinajstić information content (AvgIpc) is 2.19. The number of hydrogen-bond donors (Lipinski definition) is 0. The van der Waals surface area contributed by atoms with Crippen molar-refractivity contribution >= 4 is 17.5 Å². The van der Waals surface area contributed by atoms with Gasteiger partial charge in [0.25, 0.3) is 0 Å². The van der Waals surface area contributed by atoms with E-state index in [-0.39, 0.29) is 5.78 Å². The Balaban J connectivity index is 2.89. The molecule has 1 unspecified atom stereocenters. The number of ketones is 1. The smallest absolute Gasteiger partial charge is 0.163 e. The quantitative estimate of drug-likeness (QED) is 0.715. The molecular formula is C11H14O2S. The zero-order chi connectivity index (χ0) is 10.6. The van der Waals surface area contributed by atoms with E-state index in [0.29, 0.717) is 0 Å². The molecule has 0 spiro atoms. The predicted molar refractivity (Wildman–Crippen MR) is 58.7 cm³/mol. The maximum absolute atomic E-state index is 11.2. The Morgan fingerprint density at radius 3 is 2.29 bits per heavy atom. The van der Waals surface area contributed by atoms with Crippen LogP contribution in [-0.2, 0) is 9.53 Å². The maximum Gasteiger partial charge on any atom is 0.163 e. The zero-order valence-corrected chi connectivity index (χ0v) is 9.43. The van der Waals surface area contributed by atoms with Crippen LogP contribution in [0.15, 0.2) is 29.2 Å². The van der Waals surface area contributed by atoms with E-state index >= 15 is 0 Å². The Morgan fingerprint density at radius 2 is 1.93 bits per heavy atom. The van der Waals surface area contributed by atoms with Crippen LogP contribution in [0.1, 0.15) is 18.6 Å². The molecule has 3 heteroatoms. The Kier molecular flexibility index (Phi) is 4.17. The van der Waals surface area contributed by atoms with Gasteiger partial charge in [0.2, 0.25) is 0 Å². The molecule has 0 saturated heterocycles. The van der Waals surface area contributed by atoms with Gasteiger partial charge in [-0.15, -0.1) is 11.8 Å². The molecule has 0 aliphatic carbocycles. The highest BCUT2D eigenvalue weighted by atomic mass is 32.2. The minimum atomic E-state index is -0.425. The fourth-order valence-corrected chi connectivity index (χ4v) is 1.72. The number of carbonyl (C=O) groups is 1. The van der Waals surface area contributed by atoms with Crippen molar-refractivity contribution in [3.8, 4) is 0 Å². The first kappa shape index (κ1) is 11.3. The third kappa shape index (κ3) is 2.59. The van der Waals surface area contributed by atoms with Crippen LogP contribution in [0.2, 0.25) is 0 Å². The Bertz CT molecular complexity index is 306. The summed E-state index contributed by atoms with van der Waals surface area (Å²) in [5, 5.41) is 0. The summed E-state index contributed by atoms with van der Waals surface area (Å²) < 4.78 is 5.11. The molecule has 0 N–H and O–H groups in total. The third-order valence-corrected chi connectivity index (χ3v) is 2.77. The predicted octanol–water partition coefficient (Wildman–Crippen LogP) is 2.69. The van der Waals surface area contributed by atoms with Gasteiger partial charge in [-0.25, -0.2) is 0 Å². The monoisotopic (exact) mass is 210 g/mol. The van der Waals surface area contributed by atoms with Gasteiger partial charge < -0.3 is 4.74 Å². The van der Waals surface area contributed by atoms with Crippen molar-refractivity contribution in [3.63, 3.8) is 0 Å². The van der Waals surface area contributed by atoms with Crippen LogP contribution >= 0.6 is 11.8 Å². The summed E-state index contributed by atoms with van der Waals surface area (Å²) in [6.45, 7) is 1.54. The molecule has 0 fully saturated rings. The lowest BCUT2D eigenvalue weighted by Gasteiger charge is -2.12. The van der Waals surface area contributed by atoms with Crippen LogP contribution in [0.25, 0.3) is 0 Å². The van der Waals surface area contributed by atoms with E-state index in [0.717, 1.165) is 5.56 Å². The molecule has 1 aromatic rings. The second kappa shape index (κ2) is 5.17. The highest BCUT2D eigenvalue weighted by Crippen LogP contribution is 2.21. The maximum atomic E-state index is 11.2. The lowest BCUT2D eigenvalue weighted by molar-refractivity contribution is -0.126. The van der Waals surface area contributed by atoms with Crippen LogP contribution < -0.4 is 0 Å². The molecule has 1 aromatic carbocycles. The number of methoxy groups -OCH3 is 1. The van der Waals surface area contributed by atoms with E-state index in [1.807, 2.05) is 30.5 Å². The molecule has 76 valence electrons. The molecular weight excluding hydrogens is 196 g/mol. The van der Waals surface area contributed by atoms with Crippen LogP contribution in [0, 0.1) is 0 Å². The Labute approximate surface area is 88.7 Å². The van der Waals surface area contributed by atoms with Crippen LogP contribution in [0.3, 0.4) is 0 Å². The summed E-state index contributed by atoms with van der Waals surface area (Å²) in [4.78, 5) is 12.4. The molecule has 0 aliphatic rings. The van der Waals surface area contributed by atoms with Gasteiger partial charge in [0.15, 0.2) is 5.78 Å². The third-order valence-electron chi connectivity index (χ3n) is 2.02. The minimum absolute atomic E-state index is 0.0319. The second-order valence-electron chi connectivity index (χ2n) is 3.00. The molecule has 0 heterocycles. The summed E-state index contributed by atoms with van der Waals surface area (Å²) in [7, 11) is 1.55. The topological polar surface area (TPSA) is 26.3 Å². The molecule has 1 rings (SSSR count). The first-order valence-corrected chi connectivity index (χ1v) is 5.58. The van der Waals surface area contributed by atoms with Gasteiger partial charge in [-0.2, -0.15) is 0 Å². The summed E-state index contributed by atoms with van der Waals surface area (Å²) >= 11 is 1.68. The van der Waals surface area contributed by atoms with Crippen molar-refractivity contribution in [2.75, 3.05) is 13.4 Å². The number of ether oxygens (including phenoxy) is 1. The largest absolute Gasteiger partial charge is 0.369 e. The normalized spacial score (nSPS) is 12.5. The first-order chi connectivity index (χ1) is 6.69. The number of benzene rings is 1. The lowest BCUT2D eigenvalue weighted by Crippen LogP contribution is -2.10. The molecule has 0 radical (unpaired) electrons. The summed E-state index contributed by atoms with van der Waals surface area (Å²) in [5.74, 6) is 0.0319. The van der Waals surface area contributed by atoms with Gasteiger partial charge in [0, 0.05) is 12.0 Å². The van der Waals surface area contributed by atoms with Crippen LogP contribution in [-0.4, -0.2) is 19.1 Å². The fraction of sp³-hybridized carbons (Fsp3) is 0.364. The zero-order valence-electron chi connectivity index (χ0n) is 8.61. The van der Waals surface area contributed by atoms with E-state index in [1.54, 1.807) is 18.9 Å². The molecule has 1 atom stereocenters. The Morgan fingerprint density at radius 1 is 1.36 bits per heavy atom. The minimum Gasteiger partial charge on any atom is -0.369 e. The number of Topliss-reactive ketones (excluding diaryl/α,β-unsaturated/α-hetero) is 1. The van der Waals surface area contributed by atoms with E-state index in [4.69, 9.17) is 4.74 Å². The second-order valence-corrected chi connectivity index (χ2v) is 3.88. The Hall–Kier alpha value is -0.800. The van der Waals surface area contributed by atoms with E-state index < -0.39 is 6.10 Å². The molecule has 2 nitrogen and oxygen atoms in total. The number of carbonyl (C=O) groups excluding carboxylic acids is 1. The van der Waals surface area contributed by atoms with Crippen molar-refractivity contribution in [2.24, 2.45) is 0 Å². The fourth-order valence-electron chi connectivity index (χ4n) is 1.32. The van der Waals surface area contributed by atoms with Gasteiger partial charge in [-0.3, -0.25) is 4.79 Å². The van der Waals surface area contributed by atoms with Gasteiger partial charge in [0.05, 0.1) is 0 Å². The molecule has 14 heavy (non-hydrogen) atoms. The first-order valence-electron chi connectivity index (χ1n) is 4.36. The van der Waals surface area contributed by atoms with Crippen LogP contribution in [0.4, 0.5) is 0 Å². The molecule has 0 saturated carbocycles. The molecule has 0 aromatic heterocycles. The van der Waals surface area contributed by atoms with Crippen molar-refractivity contribution in [3.05, 3.63) is 29.8 Å². The molecule has 0 aliphatic heterocycles. The highest BCUT2D eigenvalue weighted by Gasteiger charge is 2.14. The standard InChI is InChI=1S/C11H14O2S/c1-8(12)11(13-2)9-4-6-10(14-3)7-5-9/h4-7,11H,1-3H3. The van der Waals surface area contributed by atoms with Crippen molar-refractivity contribution in [2.45, 2.75) is 17.9 Å². The molecule has 0 bridgehead atoms. The summed E-state index contributed by atoms with van der Waals surface area (Å²) in [6.07, 6.45) is 1.60. The van der Waals surface area contributed by atoms with Gasteiger partial charge in [-0.1, -0.05) is 12.1 Å². The van der Waals surface area contributed by atoms with E-state index in [9.17, 15) is 4.79 Å². The van der Waals surface area contributed by atoms with Crippen LogP contribution in [0.5, 0.6) is 0 Å². The van der Waals surface area contributed by atoms with E-state index in [2.05, 4.69) is 0 Å². The number of rotatable bonds is 4. The van der Waals surface area contributed by atoms with Gasteiger partial charge in [-0.05, 0) is 30.9 Å². The van der Waals surface area contributed by atoms with Crippen molar-refractivity contribution < 1.29 is 9.53 Å². The number of thioether (sulfide) groups is 1.